The minimum absolute atomic E-state index is 0.149. The molecule has 2 aromatic carbocycles. The number of anilines is 2. The fraction of sp³-hybridized carbons (Fsp3) is 0.125. The third-order valence-electron chi connectivity index (χ3n) is 3.27. The van der Waals surface area contributed by atoms with Crippen LogP contribution in [0.4, 0.5) is 11.4 Å². The summed E-state index contributed by atoms with van der Waals surface area (Å²) in [4.78, 5) is 24.0. The smallest absolute Gasteiger partial charge is 0.314 e. The van der Waals surface area contributed by atoms with Crippen LogP contribution in [0, 0.1) is 6.92 Å². The number of hydrogen-bond acceptors (Lipinski definition) is 4. The summed E-state index contributed by atoms with van der Waals surface area (Å²) >= 11 is 3.35. The summed E-state index contributed by atoms with van der Waals surface area (Å²) in [6, 6.07) is 10.3. The summed E-state index contributed by atoms with van der Waals surface area (Å²) in [5.41, 5.74) is 1.89. The van der Waals surface area contributed by atoms with Gasteiger partial charge in [0.25, 0.3) is 0 Å². The topological polar surface area (TPSA) is 76.7 Å². The van der Waals surface area contributed by atoms with Crippen molar-refractivity contribution in [1.29, 1.82) is 0 Å². The highest BCUT2D eigenvalue weighted by Crippen LogP contribution is 2.34. The van der Waals surface area contributed by atoms with Crippen molar-refractivity contribution in [3.05, 3.63) is 46.4 Å². The molecule has 2 N–H and O–H groups in total. The fourth-order valence-corrected chi connectivity index (χ4v) is 2.58. The molecule has 0 bridgehead atoms. The zero-order valence-corrected chi connectivity index (χ0v) is 13.8. The van der Waals surface area contributed by atoms with Crippen LogP contribution in [-0.2, 0) is 9.59 Å². The molecule has 0 saturated heterocycles. The van der Waals surface area contributed by atoms with E-state index < -0.39 is 11.8 Å². The van der Waals surface area contributed by atoms with E-state index in [0.29, 0.717) is 22.9 Å². The number of halogens is 1. The fourth-order valence-electron chi connectivity index (χ4n) is 2.11. The number of benzene rings is 2. The predicted octanol–water partition coefficient (Wildman–Crippen LogP) is 3.06. The quantitative estimate of drug-likeness (QED) is 0.789. The Balaban J connectivity index is 1.67. The minimum atomic E-state index is -0.758. The molecule has 0 saturated carbocycles. The third-order valence-corrected chi connectivity index (χ3v) is 3.77. The number of aryl methyl sites for hydroxylation is 1. The molecule has 1 aliphatic rings. The normalized spacial score (nSPS) is 11.9. The highest BCUT2D eigenvalue weighted by molar-refractivity contribution is 9.10. The number of carbonyl (C=O) groups is 2. The van der Waals surface area contributed by atoms with E-state index in [1.165, 1.54) is 0 Å². The first-order valence-electron chi connectivity index (χ1n) is 6.81. The first-order chi connectivity index (χ1) is 11.0. The van der Waals surface area contributed by atoms with Gasteiger partial charge in [0.2, 0.25) is 6.79 Å². The molecule has 0 radical (unpaired) electrons. The predicted molar refractivity (Wildman–Crippen MR) is 88.7 cm³/mol. The van der Waals surface area contributed by atoms with Crippen LogP contribution in [0.2, 0.25) is 0 Å². The average Bonchev–Trinajstić information content (AvgIpc) is 2.97. The largest absolute Gasteiger partial charge is 0.454 e. The van der Waals surface area contributed by atoms with Gasteiger partial charge >= 0.3 is 11.8 Å². The van der Waals surface area contributed by atoms with E-state index in [1.807, 2.05) is 13.0 Å². The van der Waals surface area contributed by atoms with Gasteiger partial charge in [-0.2, -0.15) is 0 Å². The Hall–Kier alpha value is -2.54. The van der Waals surface area contributed by atoms with Crippen LogP contribution in [0.3, 0.4) is 0 Å². The summed E-state index contributed by atoms with van der Waals surface area (Å²) < 4.78 is 11.3. The van der Waals surface area contributed by atoms with Crippen molar-refractivity contribution in [2.24, 2.45) is 0 Å². The molecular weight excluding hydrogens is 364 g/mol. The summed E-state index contributed by atoms with van der Waals surface area (Å²) in [5, 5.41) is 5.11. The first kappa shape index (κ1) is 15.4. The first-order valence-corrected chi connectivity index (χ1v) is 7.60. The molecule has 7 heteroatoms. The maximum Gasteiger partial charge on any atom is 0.314 e. The lowest BCUT2D eigenvalue weighted by Crippen LogP contribution is -2.29. The Bertz CT molecular complexity index is 792. The van der Waals surface area contributed by atoms with Gasteiger partial charge in [-0.3, -0.25) is 9.59 Å². The van der Waals surface area contributed by atoms with Crippen molar-refractivity contribution >= 4 is 39.1 Å². The molecule has 2 amide bonds. The second-order valence-corrected chi connectivity index (χ2v) is 5.85. The van der Waals surface area contributed by atoms with Crippen molar-refractivity contribution in [2.45, 2.75) is 6.92 Å². The molecule has 0 unspecified atom stereocenters. The van der Waals surface area contributed by atoms with E-state index in [2.05, 4.69) is 26.6 Å². The molecule has 6 nitrogen and oxygen atoms in total. The van der Waals surface area contributed by atoms with Gasteiger partial charge in [0, 0.05) is 21.9 Å². The SMILES string of the molecule is Cc1cc(Br)ccc1NC(=O)C(=O)Nc1ccc2c(c1)OCO2. The van der Waals surface area contributed by atoms with Crippen molar-refractivity contribution in [3.63, 3.8) is 0 Å². The van der Waals surface area contributed by atoms with Crippen LogP contribution in [-0.4, -0.2) is 18.6 Å². The second-order valence-electron chi connectivity index (χ2n) is 4.94. The minimum Gasteiger partial charge on any atom is -0.454 e. The van der Waals surface area contributed by atoms with Crippen LogP contribution >= 0.6 is 15.9 Å². The standard InChI is InChI=1S/C16H13BrN2O4/c1-9-6-10(17)2-4-12(9)19-16(21)15(20)18-11-3-5-13-14(7-11)23-8-22-13/h2-7H,8H2,1H3,(H,18,20)(H,19,21). The molecular formula is C16H13BrN2O4. The van der Waals surface area contributed by atoms with Crippen LogP contribution < -0.4 is 20.1 Å². The second kappa shape index (κ2) is 6.29. The average molecular weight is 377 g/mol. The molecule has 2 aromatic rings. The molecule has 0 fully saturated rings. The lowest BCUT2D eigenvalue weighted by Gasteiger charge is -2.09. The number of fused-ring (bicyclic) bond motifs is 1. The maximum atomic E-state index is 12.0. The highest BCUT2D eigenvalue weighted by Gasteiger charge is 2.18. The number of rotatable bonds is 2. The highest BCUT2D eigenvalue weighted by atomic mass is 79.9. The van der Waals surface area contributed by atoms with Crippen LogP contribution in [0.5, 0.6) is 11.5 Å². The van der Waals surface area contributed by atoms with E-state index in [9.17, 15) is 9.59 Å². The van der Waals surface area contributed by atoms with E-state index in [0.717, 1.165) is 10.0 Å². The van der Waals surface area contributed by atoms with E-state index in [4.69, 9.17) is 9.47 Å². The monoisotopic (exact) mass is 376 g/mol. The summed E-state index contributed by atoms with van der Waals surface area (Å²) in [5.74, 6) is -0.357. The molecule has 0 aliphatic carbocycles. The Morgan fingerprint density at radius 3 is 2.52 bits per heavy atom. The van der Waals surface area contributed by atoms with Gasteiger partial charge in [-0.1, -0.05) is 15.9 Å². The zero-order valence-electron chi connectivity index (χ0n) is 12.2. The van der Waals surface area contributed by atoms with E-state index >= 15 is 0 Å². The van der Waals surface area contributed by atoms with Gasteiger partial charge in [-0.25, -0.2) is 0 Å². The number of amides is 2. The molecule has 1 aliphatic heterocycles. The lowest BCUT2D eigenvalue weighted by atomic mass is 10.2. The number of hydrogen-bond donors (Lipinski definition) is 2. The lowest BCUT2D eigenvalue weighted by molar-refractivity contribution is -0.133. The number of carbonyl (C=O) groups excluding carboxylic acids is 2. The van der Waals surface area contributed by atoms with Crippen molar-refractivity contribution in [3.8, 4) is 11.5 Å². The van der Waals surface area contributed by atoms with Crippen molar-refractivity contribution in [2.75, 3.05) is 17.4 Å². The summed E-state index contributed by atoms with van der Waals surface area (Å²) in [6.45, 7) is 1.99. The zero-order chi connectivity index (χ0) is 16.4. The van der Waals surface area contributed by atoms with E-state index in [-0.39, 0.29) is 6.79 Å². The van der Waals surface area contributed by atoms with Crippen molar-refractivity contribution < 1.29 is 19.1 Å². The van der Waals surface area contributed by atoms with Crippen LogP contribution in [0.25, 0.3) is 0 Å². The molecule has 1 heterocycles. The Morgan fingerprint density at radius 1 is 1.00 bits per heavy atom. The Labute approximate surface area is 140 Å². The van der Waals surface area contributed by atoms with Crippen LogP contribution in [0.1, 0.15) is 5.56 Å². The molecule has 0 aromatic heterocycles. The molecule has 23 heavy (non-hydrogen) atoms. The van der Waals surface area contributed by atoms with Gasteiger partial charge < -0.3 is 20.1 Å². The molecule has 118 valence electrons. The van der Waals surface area contributed by atoms with Gasteiger partial charge in [-0.05, 0) is 42.8 Å². The van der Waals surface area contributed by atoms with Gasteiger partial charge in [0.05, 0.1) is 0 Å². The molecule has 0 atom stereocenters. The number of ether oxygens (including phenoxy) is 2. The maximum absolute atomic E-state index is 12.0. The van der Waals surface area contributed by atoms with Crippen LogP contribution in [0.15, 0.2) is 40.9 Å². The summed E-state index contributed by atoms with van der Waals surface area (Å²) in [7, 11) is 0. The third kappa shape index (κ3) is 3.45. The summed E-state index contributed by atoms with van der Waals surface area (Å²) in [6.07, 6.45) is 0. The van der Waals surface area contributed by atoms with Gasteiger partial charge in [0.15, 0.2) is 11.5 Å². The Kier molecular flexibility index (Phi) is 4.20. The molecule has 3 rings (SSSR count). The van der Waals surface area contributed by atoms with Crippen molar-refractivity contribution in [1.82, 2.24) is 0 Å². The Morgan fingerprint density at radius 2 is 1.74 bits per heavy atom. The van der Waals surface area contributed by atoms with Gasteiger partial charge in [0.1, 0.15) is 0 Å². The number of nitrogens with one attached hydrogen (secondary N) is 2. The molecule has 0 spiro atoms. The van der Waals surface area contributed by atoms with Gasteiger partial charge in [-0.15, -0.1) is 0 Å². The van der Waals surface area contributed by atoms with E-state index in [1.54, 1.807) is 30.3 Å².